The first kappa shape index (κ1) is 13.3. The van der Waals surface area contributed by atoms with E-state index < -0.39 is 5.91 Å². The van der Waals surface area contributed by atoms with Gasteiger partial charge < -0.3 is 15.4 Å². The second-order valence-corrected chi connectivity index (χ2v) is 3.40. The number of nitrogen functional groups attached to an aromatic ring is 1. The van der Waals surface area contributed by atoms with E-state index in [1.165, 1.54) is 7.11 Å². The van der Waals surface area contributed by atoms with Crippen molar-refractivity contribution in [1.29, 1.82) is 10.5 Å². The number of ether oxygens (including phenoxy) is 1. The van der Waals surface area contributed by atoms with E-state index in [1.54, 1.807) is 18.2 Å². The lowest BCUT2D eigenvalue weighted by molar-refractivity contribution is 0.0792. The SMILES string of the molecule is COc1cccc(N)c1C(=O)N(CC#N)CC#N. The molecule has 0 unspecified atom stereocenters. The van der Waals surface area contributed by atoms with Crippen molar-refractivity contribution in [3.8, 4) is 17.9 Å². The number of anilines is 1. The number of rotatable bonds is 4. The Balaban J connectivity index is 3.17. The van der Waals surface area contributed by atoms with Gasteiger partial charge in [0.15, 0.2) is 0 Å². The standard InChI is InChI=1S/C12H12N4O2/c1-18-10-4-2-3-9(15)11(10)12(17)16(7-5-13)8-6-14/h2-4H,7-8,15H2,1H3. The third-order valence-electron chi connectivity index (χ3n) is 2.30. The fourth-order valence-electron chi connectivity index (χ4n) is 1.48. The number of hydrogen-bond acceptors (Lipinski definition) is 5. The molecule has 1 aromatic carbocycles. The Kier molecular flexibility index (Phi) is 4.53. The van der Waals surface area contributed by atoms with Gasteiger partial charge in [-0.3, -0.25) is 4.79 Å². The minimum absolute atomic E-state index is 0.172. The van der Waals surface area contributed by atoms with Gasteiger partial charge in [-0.15, -0.1) is 0 Å². The molecule has 0 spiro atoms. The molecule has 0 saturated heterocycles. The molecule has 6 nitrogen and oxygen atoms in total. The molecule has 1 amide bonds. The Morgan fingerprint density at radius 3 is 2.50 bits per heavy atom. The van der Waals surface area contributed by atoms with Gasteiger partial charge in [-0.1, -0.05) is 6.07 Å². The summed E-state index contributed by atoms with van der Waals surface area (Å²) in [4.78, 5) is 13.3. The van der Waals surface area contributed by atoms with E-state index in [-0.39, 0.29) is 24.3 Å². The first-order valence-electron chi connectivity index (χ1n) is 5.11. The number of carbonyl (C=O) groups excluding carboxylic acids is 1. The van der Waals surface area contributed by atoms with Crippen LogP contribution >= 0.6 is 0 Å². The summed E-state index contributed by atoms with van der Waals surface area (Å²) in [6.45, 7) is -0.353. The van der Waals surface area contributed by atoms with Crippen molar-refractivity contribution in [2.45, 2.75) is 0 Å². The smallest absolute Gasteiger partial charge is 0.261 e. The number of nitriles is 2. The molecule has 0 aliphatic rings. The Morgan fingerprint density at radius 2 is 2.00 bits per heavy atom. The fraction of sp³-hybridized carbons (Fsp3) is 0.250. The zero-order chi connectivity index (χ0) is 13.5. The topological polar surface area (TPSA) is 103 Å². The number of nitrogens with zero attached hydrogens (tertiary/aromatic N) is 3. The Morgan fingerprint density at radius 1 is 1.39 bits per heavy atom. The van der Waals surface area contributed by atoms with Gasteiger partial charge in [0.25, 0.3) is 5.91 Å². The second-order valence-electron chi connectivity index (χ2n) is 3.40. The van der Waals surface area contributed by atoms with Crippen molar-refractivity contribution in [3.05, 3.63) is 23.8 Å². The monoisotopic (exact) mass is 244 g/mol. The Labute approximate surface area is 105 Å². The molecular weight excluding hydrogens is 232 g/mol. The molecule has 2 N–H and O–H groups in total. The first-order valence-corrected chi connectivity index (χ1v) is 5.11. The summed E-state index contributed by atoms with van der Waals surface area (Å²) < 4.78 is 5.06. The van der Waals surface area contributed by atoms with Gasteiger partial charge in [0.1, 0.15) is 24.4 Å². The summed E-state index contributed by atoms with van der Waals surface area (Å²) >= 11 is 0. The van der Waals surface area contributed by atoms with Crippen molar-refractivity contribution in [2.24, 2.45) is 0 Å². The van der Waals surface area contributed by atoms with E-state index in [0.29, 0.717) is 5.75 Å². The van der Waals surface area contributed by atoms with Gasteiger partial charge in [-0.25, -0.2) is 0 Å². The van der Waals surface area contributed by atoms with Crippen LogP contribution in [0.3, 0.4) is 0 Å². The predicted octanol–water partition coefficient (Wildman–Crippen LogP) is 0.767. The molecular formula is C12H12N4O2. The maximum absolute atomic E-state index is 12.2. The van der Waals surface area contributed by atoms with Crippen LogP contribution in [0.4, 0.5) is 5.69 Å². The molecule has 0 atom stereocenters. The third-order valence-corrected chi connectivity index (χ3v) is 2.30. The van der Waals surface area contributed by atoms with Gasteiger partial charge in [-0.05, 0) is 12.1 Å². The van der Waals surface area contributed by atoms with Crippen molar-refractivity contribution >= 4 is 11.6 Å². The summed E-state index contributed by atoms with van der Waals surface area (Å²) in [7, 11) is 1.42. The first-order chi connectivity index (χ1) is 8.65. The highest BCUT2D eigenvalue weighted by Gasteiger charge is 2.21. The van der Waals surface area contributed by atoms with Crippen LogP contribution in [0.25, 0.3) is 0 Å². The second kappa shape index (κ2) is 6.12. The van der Waals surface area contributed by atoms with Gasteiger partial charge in [0, 0.05) is 5.69 Å². The maximum atomic E-state index is 12.2. The molecule has 18 heavy (non-hydrogen) atoms. The minimum Gasteiger partial charge on any atom is -0.496 e. The van der Waals surface area contributed by atoms with E-state index in [0.717, 1.165) is 4.90 Å². The molecule has 1 aromatic rings. The van der Waals surface area contributed by atoms with E-state index in [2.05, 4.69) is 0 Å². The number of amides is 1. The van der Waals surface area contributed by atoms with E-state index in [4.69, 9.17) is 21.0 Å². The van der Waals surface area contributed by atoms with Crippen molar-refractivity contribution < 1.29 is 9.53 Å². The lowest BCUT2D eigenvalue weighted by Crippen LogP contribution is -2.32. The normalized spacial score (nSPS) is 9.06. The number of benzene rings is 1. The third kappa shape index (κ3) is 2.69. The van der Waals surface area contributed by atoms with Crippen molar-refractivity contribution in [2.75, 3.05) is 25.9 Å². The van der Waals surface area contributed by atoms with Crippen LogP contribution in [0, 0.1) is 22.7 Å². The summed E-state index contributed by atoms with van der Waals surface area (Å²) in [5.41, 5.74) is 6.16. The predicted molar refractivity (Wildman–Crippen MR) is 64.5 cm³/mol. The highest BCUT2D eigenvalue weighted by Crippen LogP contribution is 2.25. The number of carbonyl (C=O) groups is 1. The maximum Gasteiger partial charge on any atom is 0.261 e. The quantitative estimate of drug-likeness (QED) is 0.622. The average Bonchev–Trinajstić information content (AvgIpc) is 2.37. The molecule has 6 heteroatoms. The molecule has 0 aliphatic heterocycles. The molecule has 1 rings (SSSR count). The minimum atomic E-state index is -0.493. The van der Waals surface area contributed by atoms with Crippen LogP contribution in [-0.2, 0) is 0 Å². The lowest BCUT2D eigenvalue weighted by atomic mass is 10.1. The Hall–Kier alpha value is -2.73. The van der Waals surface area contributed by atoms with Crippen LogP contribution in [-0.4, -0.2) is 31.0 Å². The Bertz CT molecular complexity index is 512. The molecule has 0 aromatic heterocycles. The van der Waals surface area contributed by atoms with Crippen LogP contribution in [0.2, 0.25) is 0 Å². The molecule has 0 aliphatic carbocycles. The highest BCUT2D eigenvalue weighted by atomic mass is 16.5. The zero-order valence-corrected chi connectivity index (χ0v) is 9.88. The molecule has 0 saturated carbocycles. The van der Waals surface area contributed by atoms with Gasteiger partial charge in [-0.2, -0.15) is 10.5 Å². The molecule has 0 bridgehead atoms. The number of nitrogens with two attached hydrogens (primary N) is 1. The largest absolute Gasteiger partial charge is 0.496 e. The summed E-state index contributed by atoms with van der Waals surface area (Å²) in [5.74, 6) is -0.172. The van der Waals surface area contributed by atoms with Crippen LogP contribution < -0.4 is 10.5 Å². The summed E-state index contributed by atoms with van der Waals surface area (Å²) in [5, 5.41) is 17.3. The van der Waals surface area contributed by atoms with E-state index in [9.17, 15) is 4.79 Å². The van der Waals surface area contributed by atoms with E-state index >= 15 is 0 Å². The summed E-state index contributed by atoms with van der Waals surface area (Å²) in [6.07, 6.45) is 0. The number of hydrogen-bond donors (Lipinski definition) is 1. The van der Waals surface area contributed by atoms with Gasteiger partial charge in [0.05, 0.1) is 19.2 Å². The average molecular weight is 244 g/mol. The molecule has 0 fully saturated rings. The zero-order valence-electron chi connectivity index (χ0n) is 9.88. The van der Waals surface area contributed by atoms with E-state index in [1.807, 2.05) is 12.1 Å². The number of methoxy groups -OCH3 is 1. The lowest BCUT2D eigenvalue weighted by Gasteiger charge is -2.18. The van der Waals surface area contributed by atoms with Gasteiger partial charge in [0.2, 0.25) is 0 Å². The summed E-state index contributed by atoms with van der Waals surface area (Å²) in [6, 6.07) is 8.48. The van der Waals surface area contributed by atoms with Crippen LogP contribution in [0.15, 0.2) is 18.2 Å². The molecule has 92 valence electrons. The fourth-order valence-corrected chi connectivity index (χ4v) is 1.48. The van der Waals surface area contributed by atoms with Crippen molar-refractivity contribution in [3.63, 3.8) is 0 Å². The highest BCUT2D eigenvalue weighted by molar-refractivity contribution is 6.02. The van der Waals surface area contributed by atoms with Crippen LogP contribution in [0.5, 0.6) is 5.75 Å². The van der Waals surface area contributed by atoms with Crippen molar-refractivity contribution in [1.82, 2.24) is 4.90 Å². The molecule has 0 heterocycles. The molecule has 0 radical (unpaired) electrons. The van der Waals surface area contributed by atoms with Gasteiger partial charge >= 0.3 is 0 Å². The van der Waals surface area contributed by atoms with Crippen LogP contribution in [0.1, 0.15) is 10.4 Å².